The first-order valence-corrected chi connectivity index (χ1v) is 7.09. The number of furan rings is 1. The Bertz CT molecular complexity index is 622. The van der Waals surface area contributed by atoms with Crippen molar-refractivity contribution in [1.82, 2.24) is 0 Å². The fourth-order valence-electron chi connectivity index (χ4n) is 2.57. The molecular weight excluding hydrogens is 248 g/mol. The summed E-state index contributed by atoms with van der Waals surface area (Å²) in [4.78, 5) is 0. The number of hydrogen-bond donors (Lipinski definition) is 1. The van der Waals surface area contributed by atoms with Crippen molar-refractivity contribution in [3.05, 3.63) is 53.0 Å². The van der Waals surface area contributed by atoms with Gasteiger partial charge in [0.25, 0.3) is 0 Å². The van der Waals surface area contributed by atoms with E-state index in [-0.39, 0.29) is 0 Å². The van der Waals surface area contributed by atoms with Gasteiger partial charge in [0.15, 0.2) is 0 Å². The number of aryl methyl sites for hydroxylation is 2. The number of hydrogen-bond acceptors (Lipinski definition) is 3. The summed E-state index contributed by atoms with van der Waals surface area (Å²) in [6.07, 6.45) is 2.97. The smallest absolute Gasteiger partial charge is 0.147 e. The molecule has 2 atom stereocenters. The molecule has 0 bridgehead atoms. The van der Waals surface area contributed by atoms with Crippen molar-refractivity contribution in [1.29, 1.82) is 0 Å². The van der Waals surface area contributed by atoms with Gasteiger partial charge in [-0.1, -0.05) is 13.0 Å². The highest BCUT2D eigenvalue weighted by molar-refractivity contribution is 5.76. The zero-order valence-corrected chi connectivity index (χ0v) is 12.2. The van der Waals surface area contributed by atoms with E-state index in [1.807, 2.05) is 6.07 Å². The summed E-state index contributed by atoms with van der Waals surface area (Å²) in [5, 5.41) is 4.24. The van der Waals surface area contributed by atoms with Gasteiger partial charge in [-0.25, -0.2) is 0 Å². The maximum absolute atomic E-state index is 5.77. The molecule has 1 N–H and O–H groups in total. The molecule has 0 saturated heterocycles. The van der Waals surface area contributed by atoms with Crippen molar-refractivity contribution in [3.63, 3.8) is 0 Å². The lowest BCUT2D eigenvalue weighted by Gasteiger charge is -2.03. The predicted molar refractivity (Wildman–Crippen MR) is 82.4 cm³/mol. The molecule has 0 radical (unpaired) electrons. The molecule has 3 nitrogen and oxygen atoms in total. The van der Waals surface area contributed by atoms with E-state index in [4.69, 9.17) is 4.42 Å². The topological polar surface area (TPSA) is 37.5 Å². The Hall–Kier alpha value is -2.03. The van der Waals surface area contributed by atoms with Gasteiger partial charge in [-0.05, 0) is 61.6 Å². The molecule has 1 aliphatic carbocycles. The molecule has 1 fully saturated rings. The molecule has 1 aliphatic rings. The monoisotopic (exact) mass is 268 g/mol. The molecule has 1 aromatic heterocycles. The summed E-state index contributed by atoms with van der Waals surface area (Å²) in [5.74, 6) is 3.27. The molecule has 1 heterocycles. The first-order valence-electron chi connectivity index (χ1n) is 7.09. The molecule has 0 amide bonds. The molecule has 104 valence electrons. The number of hydrazone groups is 1. The molecule has 0 aliphatic heterocycles. The molecule has 3 heteroatoms. The van der Waals surface area contributed by atoms with E-state index in [1.165, 1.54) is 17.5 Å². The normalized spacial score (nSPS) is 21.4. The van der Waals surface area contributed by atoms with Gasteiger partial charge in [0.2, 0.25) is 0 Å². The highest BCUT2D eigenvalue weighted by Gasteiger charge is 2.36. The van der Waals surface area contributed by atoms with Crippen molar-refractivity contribution in [2.45, 2.75) is 33.1 Å². The van der Waals surface area contributed by atoms with Crippen LogP contribution in [0.25, 0.3) is 0 Å². The van der Waals surface area contributed by atoms with Crippen molar-refractivity contribution >= 4 is 11.9 Å². The van der Waals surface area contributed by atoms with Crippen LogP contribution in [-0.2, 0) is 0 Å². The van der Waals surface area contributed by atoms with E-state index in [9.17, 15) is 0 Å². The van der Waals surface area contributed by atoms with Crippen LogP contribution in [0.5, 0.6) is 0 Å². The molecule has 3 rings (SSSR count). The molecule has 20 heavy (non-hydrogen) atoms. The van der Waals surface area contributed by atoms with Gasteiger partial charge >= 0.3 is 0 Å². The highest BCUT2D eigenvalue weighted by atomic mass is 16.3. The average Bonchev–Trinajstić information content (AvgIpc) is 2.92. The van der Waals surface area contributed by atoms with Gasteiger partial charge in [0.1, 0.15) is 11.5 Å². The van der Waals surface area contributed by atoms with Gasteiger partial charge in [-0.3, -0.25) is 5.43 Å². The van der Waals surface area contributed by atoms with E-state index in [0.717, 1.165) is 23.1 Å². The highest BCUT2D eigenvalue weighted by Crippen LogP contribution is 2.47. The van der Waals surface area contributed by atoms with Crippen molar-refractivity contribution in [3.8, 4) is 0 Å². The molecule has 2 aromatic rings. The Morgan fingerprint density at radius 2 is 1.90 bits per heavy atom. The third-order valence-corrected chi connectivity index (χ3v) is 3.73. The molecule has 0 unspecified atom stereocenters. The lowest BCUT2D eigenvalue weighted by Crippen LogP contribution is -1.91. The molecule has 1 saturated carbocycles. The van der Waals surface area contributed by atoms with E-state index in [0.29, 0.717) is 5.92 Å². The van der Waals surface area contributed by atoms with Crippen LogP contribution in [0.3, 0.4) is 0 Å². The minimum Gasteiger partial charge on any atom is -0.460 e. The van der Waals surface area contributed by atoms with Gasteiger partial charge < -0.3 is 4.42 Å². The largest absolute Gasteiger partial charge is 0.460 e. The van der Waals surface area contributed by atoms with Crippen molar-refractivity contribution in [2.24, 2.45) is 11.0 Å². The lowest BCUT2D eigenvalue weighted by atomic mass is 10.1. The third kappa shape index (κ3) is 2.93. The van der Waals surface area contributed by atoms with Crippen LogP contribution >= 0.6 is 0 Å². The number of benzene rings is 1. The van der Waals surface area contributed by atoms with Crippen LogP contribution in [0.15, 0.2) is 39.9 Å². The summed E-state index contributed by atoms with van der Waals surface area (Å²) in [7, 11) is 0. The van der Waals surface area contributed by atoms with E-state index < -0.39 is 0 Å². The summed E-state index contributed by atoms with van der Waals surface area (Å²) < 4.78 is 5.77. The second-order valence-electron chi connectivity index (χ2n) is 5.81. The van der Waals surface area contributed by atoms with Crippen LogP contribution in [0.4, 0.5) is 5.69 Å². The number of nitrogens with zero attached hydrogens (tertiary/aromatic N) is 1. The Labute approximate surface area is 119 Å². The standard InChI is InChI=1S/C17H20N2O/c1-11-6-12(2)8-14(7-11)19-18-10-15-4-5-17(20-15)16-9-13(16)3/h4-8,10,13,16,19H,9H2,1-3H3/b18-10-/t13-,16-/m0/s1. The van der Waals surface area contributed by atoms with E-state index in [2.05, 4.69) is 55.6 Å². The van der Waals surface area contributed by atoms with E-state index >= 15 is 0 Å². The van der Waals surface area contributed by atoms with Crippen LogP contribution in [0.1, 0.15) is 41.9 Å². The lowest BCUT2D eigenvalue weighted by molar-refractivity contribution is 0.500. The van der Waals surface area contributed by atoms with Crippen LogP contribution in [0, 0.1) is 19.8 Å². The SMILES string of the molecule is Cc1cc(C)cc(N/N=C\c2ccc([C@H]3C[C@@H]3C)o2)c1. The Kier molecular flexibility index (Phi) is 3.35. The first-order chi connectivity index (χ1) is 9.61. The molecular formula is C17H20N2O. The Morgan fingerprint density at radius 1 is 1.20 bits per heavy atom. The fraction of sp³-hybridized carbons (Fsp3) is 0.353. The van der Waals surface area contributed by atoms with Crippen molar-refractivity contribution in [2.75, 3.05) is 5.43 Å². The summed E-state index contributed by atoms with van der Waals surface area (Å²) in [5.41, 5.74) is 6.50. The number of anilines is 1. The number of rotatable bonds is 4. The van der Waals surface area contributed by atoms with Crippen LogP contribution < -0.4 is 5.43 Å². The minimum absolute atomic E-state index is 0.615. The molecule has 1 aromatic carbocycles. The third-order valence-electron chi connectivity index (χ3n) is 3.73. The van der Waals surface area contributed by atoms with Gasteiger partial charge in [0.05, 0.1) is 11.9 Å². The van der Waals surface area contributed by atoms with Crippen LogP contribution in [-0.4, -0.2) is 6.21 Å². The van der Waals surface area contributed by atoms with Gasteiger partial charge in [0, 0.05) is 5.92 Å². The maximum Gasteiger partial charge on any atom is 0.147 e. The summed E-state index contributed by atoms with van der Waals surface area (Å²) >= 11 is 0. The number of nitrogens with one attached hydrogen (secondary N) is 1. The quantitative estimate of drug-likeness (QED) is 0.656. The second-order valence-corrected chi connectivity index (χ2v) is 5.81. The van der Waals surface area contributed by atoms with Crippen molar-refractivity contribution < 1.29 is 4.42 Å². The first kappa shape index (κ1) is 13.0. The minimum atomic E-state index is 0.615. The summed E-state index contributed by atoms with van der Waals surface area (Å²) in [6, 6.07) is 10.3. The summed E-state index contributed by atoms with van der Waals surface area (Å²) in [6.45, 7) is 6.41. The van der Waals surface area contributed by atoms with E-state index in [1.54, 1.807) is 6.21 Å². The zero-order chi connectivity index (χ0) is 14.1. The zero-order valence-electron chi connectivity index (χ0n) is 12.2. The van der Waals surface area contributed by atoms with Crippen LogP contribution in [0.2, 0.25) is 0 Å². The molecule has 0 spiro atoms. The second kappa shape index (κ2) is 5.16. The fourth-order valence-corrected chi connectivity index (χ4v) is 2.57. The maximum atomic E-state index is 5.77. The van der Waals surface area contributed by atoms with Gasteiger partial charge in [-0.15, -0.1) is 0 Å². The Morgan fingerprint density at radius 3 is 2.55 bits per heavy atom. The predicted octanol–water partition coefficient (Wildman–Crippen LogP) is 4.47. The van der Waals surface area contributed by atoms with Gasteiger partial charge in [-0.2, -0.15) is 5.10 Å². The Balaban J connectivity index is 1.63. The average molecular weight is 268 g/mol.